The fraction of sp³-hybridized carbons (Fsp3) is 0.600. The van der Waals surface area contributed by atoms with Gasteiger partial charge in [-0.25, -0.2) is 9.97 Å². The van der Waals surface area contributed by atoms with Crippen molar-refractivity contribution in [2.24, 2.45) is 0 Å². The summed E-state index contributed by atoms with van der Waals surface area (Å²) in [7, 11) is 0. The Hall–Kier alpha value is -1.12. The van der Waals surface area contributed by atoms with Gasteiger partial charge >= 0.3 is 0 Å². The van der Waals surface area contributed by atoms with Gasteiger partial charge in [-0.05, 0) is 26.8 Å². The Labute approximate surface area is 80.6 Å². The maximum atomic E-state index is 4.04. The van der Waals surface area contributed by atoms with E-state index in [1.807, 2.05) is 13.8 Å². The number of nitrogens with one attached hydrogen (secondary N) is 1. The molecule has 1 aromatic heterocycles. The van der Waals surface area contributed by atoms with Crippen molar-refractivity contribution in [1.82, 2.24) is 9.97 Å². The van der Waals surface area contributed by atoms with E-state index in [4.69, 9.17) is 0 Å². The number of rotatable bonds is 1. The SMILES string of the molecule is CC.CC(C)(C)Nc1ncccn1. The van der Waals surface area contributed by atoms with Crippen molar-refractivity contribution in [2.45, 2.75) is 40.2 Å². The highest BCUT2D eigenvalue weighted by atomic mass is 15.1. The van der Waals surface area contributed by atoms with Crippen LogP contribution < -0.4 is 5.32 Å². The number of nitrogens with zero attached hydrogens (tertiary/aromatic N) is 2. The van der Waals surface area contributed by atoms with Gasteiger partial charge in [0.2, 0.25) is 5.95 Å². The minimum atomic E-state index is 0.0291. The van der Waals surface area contributed by atoms with Gasteiger partial charge in [-0.15, -0.1) is 0 Å². The smallest absolute Gasteiger partial charge is 0.222 e. The fourth-order valence-corrected chi connectivity index (χ4v) is 0.699. The van der Waals surface area contributed by atoms with Gasteiger partial charge in [0.1, 0.15) is 0 Å². The highest BCUT2D eigenvalue weighted by molar-refractivity contribution is 5.25. The van der Waals surface area contributed by atoms with Gasteiger partial charge in [-0.1, -0.05) is 13.8 Å². The van der Waals surface area contributed by atoms with E-state index >= 15 is 0 Å². The van der Waals surface area contributed by atoms with Gasteiger partial charge in [0.15, 0.2) is 0 Å². The molecular formula is C10H19N3. The third-order valence-electron chi connectivity index (χ3n) is 1.05. The topological polar surface area (TPSA) is 37.8 Å². The lowest BCUT2D eigenvalue weighted by Gasteiger charge is -2.19. The first kappa shape index (κ1) is 11.9. The molecule has 0 aliphatic carbocycles. The summed E-state index contributed by atoms with van der Waals surface area (Å²) in [5, 5.41) is 3.16. The molecule has 0 aromatic carbocycles. The molecule has 0 fully saturated rings. The summed E-state index contributed by atoms with van der Waals surface area (Å²) in [6, 6.07) is 1.80. The lowest BCUT2D eigenvalue weighted by molar-refractivity contribution is 0.626. The van der Waals surface area contributed by atoms with E-state index in [2.05, 4.69) is 36.1 Å². The molecule has 0 bridgehead atoms. The van der Waals surface area contributed by atoms with Crippen LogP contribution in [0.3, 0.4) is 0 Å². The maximum absolute atomic E-state index is 4.04. The number of hydrogen-bond donors (Lipinski definition) is 1. The predicted octanol–water partition coefficient (Wildman–Crippen LogP) is 2.71. The molecule has 0 amide bonds. The van der Waals surface area contributed by atoms with Crippen molar-refractivity contribution in [3.63, 3.8) is 0 Å². The Morgan fingerprint density at radius 2 is 1.54 bits per heavy atom. The monoisotopic (exact) mass is 181 g/mol. The molecular weight excluding hydrogens is 162 g/mol. The van der Waals surface area contributed by atoms with Crippen LogP contribution in [0, 0.1) is 0 Å². The molecule has 0 radical (unpaired) electrons. The Morgan fingerprint density at radius 3 is 1.92 bits per heavy atom. The van der Waals surface area contributed by atoms with Crippen LogP contribution in [0.4, 0.5) is 5.95 Å². The van der Waals surface area contributed by atoms with Crippen molar-refractivity contribution in [3.05, 3.63) is 18.5 Å². The van der Waals surface area contributed by atoms with E-state index in [0.717, 1.165) is 0 Å². The Bertz CT molecular complexity index is 213. The third-order valence-corrected chi connectivity index (χ3v) is 1.05. The van der Waals surface area contributed by atoms with Crippen molar-refractivity contribution in [2.75, 3.05) is 5.32 Å². The molecule has 0 unspecified atom stereocenters. The van der Waals surface area contributed by atoms with Gasteiger partial charge < -0.3 is 5.32 Å². The van der Waals surface area contributed by atoms with E-state index in [1.54, 1.807) is 18.5 Å². The zero-order valence-electron chi connectivity index (χ0n) is 9.13. The maximum Gasteiger partial charge on any atom is 0.222 e. The zero-order chi connectivity index (χ0) is 10.3. The summed E-state index contributed by atoms with van der Waals surface area (Å²) >= 11 is 0. The molecule has 1 N–H and O–H groups in total. The average Bonchev–Trinajstić information content (AvgIpc) is 2.07. The van der Waals surface area contributed by atoms with Gasteiger partial charge in [0, 0.05) is 17.9 Å². The van der Waals surface area contributed by atoms with Crippen LogP contribution in [-0.4, -0.2) is 15.5 Å². The minimum absolute atomic E-state index is 0.0291. The molecule has 74 valence electrons. The largest absolute Gasteiger partial charge is 0.350 e. The summed E-state index contributed by atoms with van der Waals surface area (Å²) < 4.78 is 0. The molecule has 0 atom stereocenters. The molecule has 0 aliphatic rings. The molecule has 1 aromatic rings. The molecule has 0 saturated carbocycles. The van der Waals surface area contributed by atoms with Crippen molar-refractivity contribution >= 4 is 5.95 Å². The second-order valence-corrected chi connectivity index (χ2v) is 3.45. The summed E-state index contributed by atoms with van der Waals surface area (Å²) in [4.78, 5) is 8.08. The Kier molecular flexibility index (Phi) is 5.04. The normalized spacial score (nSPS) is 9.92. The van der Waals surface area contributed by atoms with E-state index in [9.17, 15) is 0 Å². The Balaban J connectivity index is 0.000000671. The summed E-state index contributed by atoms with van der Waals surface area (Å²) in [6.45, 7) is 10.2. The van der Waals surface area contributed by atoms with E-state index in [0.29, 0.717) is 5.95 Å². The van der Waals surface area contributed by atoms with Crippen LogP contribution >= 0.6 is 0 Å². The van der Waals surface area contributed by atoms with Gasteiger partial charge in [-0.2, -0.15) is 0 Å². The molecule has 3 heteroatoms. The van der Waals surface area contributed by atoms with E-state index in [-0.39, 0.29) is 5.54 Å². The molecule has 13 heavy (non-hydrogen) atoms. The van der Waals surface area contributed by atoms with E-state index in [1.165, 1.54) is 0 Å². The fourth-order valence-electron chi connectivity index (χ4n) is 0.699. The number of hydrogen-bond acceptors (Lipinski definition) is 3. The first-order valence-corrected chi connectivity index (χ1v) is 4.63. The second-order valence-electron chi connectivity index (χ2n) is 3.45. The molecule has 0 aliphatic heterocycles. The van der Waals surface area contributed by atoms with Gasteiger partial charge in [0.25, 0.3) is 0 Å². The molecule has 1 heterocycles. The van der Waals surface area contributed by atoms with Crippen LogP contribution in [0.5, 0.6) is 0 Å². The summed E-state index contributed by atoms with van der Waals surface area (Å²) in [6.07, 6.45) is 3.45. The zero-order valence-corrected chi connectivity index (χ0v) is 9.13. The number of anilines is 1. The molecule has 3 nitrogen and oxygen atoms in total. The minimum Gasteiger partial charge on any atom is -0.350 e. The lowest BCUT2D eigenvalue weighted by atomic mass is 10.1. The van der Waals surface area contributed by atoms with Crippen molar-refractivity contribution in [3.8, 4) is 0 Å². The highest BCUT2D eigenvalue weighted by Crippen LogP contribution is 2.07. The quantitative estimate of drug-likeness (QED) is 0.724. The van der Waals surface area contributed by atoms with Crippen LogP contribution in [0.15, 0.2) is 18.5 Å². The molecule has 0 spiro atoms. The lowest BCUT2D eigenvalue weighted by Crippen LogP contribution is -2.27. The first-order valence-electron chi connectivity index (χ1n) is 4.63. The van der Waals surface area contributed by atoms with Crippen molar-refractivity contribution in [1.29, 1.82) is 0 Å². The molecule has 1 rings (SSSR count). The van der Waals surface area contributed by atoms with Crippen LogP contribution in [-0.2, 0) is 0 Å². The van der Waals surface area contributed by atoms with Crippen LogP contribution in [0.1, 0.15) is 34.6 Å². The van der Waals surface area contributed by atoms with Gasteiger partial charge in [-0.3, -0.25) is 0 Å². The average molecular weight is 181 g/mol. The molecule has 0 saturated heterocycles. The van der Waals surface area contributed by atoms with Crippen molar-refractivity contribution < 1.29 is 0 Å². The predicted molar refractivity (Wildman–Crippen MR) is 56.8 cm³/mol. The Morgan fingerprint density at radius 1 is 1.08 bits per heavy atom. The second kappa shape index (κ2) is 5.51. The number of aromatic nitrogens is 2. The van der Waals surface area contributed by atoms with E-state index < -0.39 is 0 Å². The third kappa shape index (κ3) is 6.08. The van der Waals surface area contributed by atoms with Gasteiger partial charge in [0.05, 0.1) is 0 Å². The summed E-state index contributed by atoms with van der Waals surface area (Å²) in [5.74, 6) is 0.681. The highest BCUT2D eigenvalue weighted by Gasteiger charge is 2.09. The first-order chi connectivity index (χ1) is 6.08. The van der Waals surface area contributed by atoms with Crippen LogP contribution in [0.2, 0.25) is 0 Å². The summed E-state index contributed by atoms with van der Waals surface area (Å²) in [5.41, 5.74) is 0.0291. The standard InChI is InChI=1S/C8H13N3.C2H6/c1-8(2,3)11-7-9-5-4-6-10-7;1-2/h4-6H,1-3H3,(H,9,10,11);1-2H3. The van der Waals surface area contributed by atoms with Crippen LogP contribution in [0.25, 0.3) is 0 Å².